The van der Waals surface area contributed by atoms with E-state index in [1.165, 1.54) is 0 Å². The molecule has 1 atom stereocenters. The van der Waals surface area contributed by atoms with E-state index in [-0.39, 0.29) is 0 Å². The maximum absolute atomic E-state index is 5.07. The van der Waals surface area contributed by atoms with Crippen molar-refractivity contribution in [3.8, 4) is 0 Å². The zero-order valence-electron chi connectivity index (χ0n) is 11.8. The molecule has 0 saturated heterocycles. The van der Waals surface area contributed by atoms with Crippen molar-refractivity contribution >= 4 is 11.6 Å². The quantitative estimate of drug-likeness (QED) is 0.744. The number of rotatable bonds is 8. The van der Waals surface area contributed by atoms with Gasteiger partial charge in [0.25, 0.3) is 0 Å². The van der Waals surface area contributed by atoms with Crippen molar-refractivity contribution in [1.29, 1.82) is 0 Å². The summed E-state index contributed by atoms with van der Waals surface area (Å²) in [5.74, 6) is 2.52. The zero-order valence-corrected chi connectivity index (χ0v) is 11.8. The van der Waals surface area contributed by atoms with Gasteiger partial charge in [0.2, 0.25) is 0 Å². The van der Waals surface area contributed by atoms with E-state index in [4.69, 9.17) is 4.74 Å². The summed E-state index contributed by atoms with van der Waals surface area (Å²) < 4.78 is 5.07. The molecule has 1 aromatic heterocycles. The number of hydrogen-bond acceptors (Lipinski definition) is 5. The fraction of sp³-hybridized carbons (Fsp3) is 0.692. The lowest BCUT2D eigenvalue weighted by Gasteiger charge is -2.15. The van der Waals surface area contributed by atoms with E-state index < -0.39 is 0 Å². The standard InChI is InChI=1S/C13H24N4O/c1-5-7-14-12-9-13(17-11(3)16-12)15-10(2)6-8-18-4/h9-10H,5-8H2,1-4H3,(H2,14,15,16,17). The first-order chi connectivity index (χ1) is 8.65. The summed E-state index contributed by atoms with van der Waals surface area (Å²) in [5, 5.41) is 6.64. The first-order valence-corrected chi connectivity index (χ1v) is 6.50. The zero-order chi connectivity index (χ0) is 13.4. The minimum atomic E-state index is 0.332. The van der Waals surface area contributed by atoms with Crippen LogP contribution in [-0.2, 0) is 4.74 Å². The normalized spacial score (nSPS) is 12.2. The third-order valence-corrected chi connectivity index (χ3v) is 2.54. The third kappa shape index (κ3) is 5.31. The van der Waals surface area contributed by atoms with Crippen molar-refractivity contribution in [1.82, 2.24) is 9.97 Å². The van der Waals surface area contributed by atoms with Gasteiger partial charge in [-0.05, 0) is 26.7 Å². The highest BCUT2D eigenvalue weighted by molar-refractivity contribution is 5.47. The summed E-state index contributed by atoms with van der Waals surface area (Å²) in [7, 11) is 1.72. The number of nitrogens with one attached hydrogen (secondary N) is 2. The molecule has 1 unspecified atom stereocenters. The molecular weight excluding hydrogens is 228 g/mol. The molecule has 0 bridgehead atoms. The molecular formula is C13H24N4O. The number of aryl methyl sites for hydroxylation is 1. The van der Waals surface area contributed by atoms with Crippen LogP contribution in [0.1, 0.15) is 32.5 Å². The highest BCUT2D eigenvalue weighted by Crippen LogP contribution is 2.12. The van der Waals surface area contributed by atoms with Gasteiger partial charge in [0.05, 0.1) is 0 Å². The minimum absolute atomic E-state index is 0.332. The van der Waals surface area contributed by atoms with Gasteiger partial charge in [0.15, 0.2) is 0 Å². The molecule has 0 radical (unpaired) electrons. The van der Waals surface area contributed by atoms with E-state index in [2.05, 4.69) is 34.4 Å². The van der Waals surface area contributed by atoms with Crippen LogP contribution in [0.3, 0.4) is 0 Å². The van der Waals surface area contributed by atoms with Crippen LogP contribution in [0.2, 0.25) is 0 Å². The molecule has 1 heterocycles. The highest BCUT2D eigenvalue weighted by atomic mass is 16.5. The number of ether oxygens (including phenoxy) is 1. The molecule has 0 aromatic carbocycles. The Labute approximate surface area is 109 Å². The summed E-state index contributed by atoms with van der Waals surface area (Å²) in [6, 6.07) is 2.28. The van der Waals surface area contributed by atoms with Gasteiger partial charge in [0.1, 0.15) is 17.5 Å². The highest BCUT2D eigenvalue weighted by Gasteiger charge is 2.05. The van der Waals surface area contributed by atoms with Crippen molar-refractivity contribution in [2.45, 2.75) is 39.7 Å². The predicted octanol–water partition coefficient (Wildman–Crippen LogP) is 2.44. The molecule has 0 aliphatic heterocycles. The molecule has 1 rings (SSSR count). The number of nitrogens with zero attached hydrogens (tertiary/aromatic N) is 2. The smallest absolute Gasteiger partial charge is 0.132 e. The van der Waals surface area contributed by atoms with Crippen LogP contribution >= 0.6 is 0 Å². The molecule has 0 saturated carbocycles. The Kier molecular flexibility index (Phi) is 6.43. The second-order valence-electron chi connectivity index (χ2n) is 4.44. The summed E-state index contributed by atoms with van der Waals surface area (Å²) >= 11 is 0. The van der Waals surface area contributed by atoms with Crippen LogP contribution in [0, 0.1) is 6.92 Å². The average molecular weight is 252 g/mol. The monoisotopic (exact) mass is 252 g/mol. The van der Waals surface area contributed by atoms with Gasteiger partial charge in [-0.2, -0.15) is 0 Å². The first kappa shape index (κ1) is 14.7. The minimum Gasteiger partial charge on any atom is -0.385 e. The Morgan fingerprint density at radius 3 is 2.72 bits per heavy atom. The Morgan fingerprint density at radius 2 is 2.06 bits per heavy atom. The molecule has 0 aliphatic carbocycles. The van der Waals surface area contributed by atoms with E-state index in [0.717, 1.165) is 43.5 Å². The van der Waals surface area contributed by atoms with Crippen molar-refractivity contribution in [2.75, 3.05) is 30.9 Å². The summed E-state index contributed by atoms with van der Waals surface area (Å²) in [4.78, 5) is 8.74. The second-order valence-corrected chi connectivity index (χ2v) is 4.44. The number of aromatic nitrogens is 2. The van der Waals surface area contributed by atoms with E-state index in [1.807, 2.05) is 13.0 Å². The van der Waals surface area contributed by atoms with Crippen LogP contribution < -0.4 is 10.6 Å². The van der Waals surface area contributed by atoms with Crippen molar-refractivity contribution in [2.24, 2.45) is 0 Å². The molecule has 5 nitrogen and oxygen atoms in total. The van der Waals surface area contributed by atoms with Crippen LogP contribution in [0.25, 0.3) is 0 Å². The van der Waals surface area contributed by atoms with Crippen molar-refractivity contribution < 1.29 is 4.74 Å². The van der Waals surface area contributed by atoms with Crippen LogP contribution in [0.4, 0.5) is 11.6 Å². The van der Waals surface area contributed by atoms with E-state index in [1.54, 1.807) is 7.11 Å². The van der Waals surface area contributed by atoms with E-state index >= 15 is 0 Å². The van der Waals surface area contributed by atoms with Gasteiger partial charge in [-0.1, -0.05) is 6.92 Å². The molecule has 5 heteroatoms. The molecule has 1 aromatic rings. The second kappa shape index (κ2) is 7.87. The number of hydrogen-bond donors (Lipinski definition) is 2. The number of anilines is 2. The SMILES string of the molecule is CCCNc1cc(NC(C)CCOC)nc(C)n1. The molecule has 18 heavy (non-hydrogen) atoms. The Bertz CT molecular complexity index is 357. The van der Waals surface area contributed by atoms with E-state index in [9.17, 15) is 0 Å². The summed E-state index contributed by atoms with van der Waals surface area (Å²) in [6.07, 6.45) is 2.04. The molecule has 0 spiro atoms. The number of methoxy groups -OCH3 is 1. The van der Waals surface area contributed by atoms with E-state index in [0.29, 0.717) is 6.04 Å². The van der Waals surface area contributed by atoms with Crippen LogP contribution in [0.5, 0.6) is 0 Å². The Morgan fingerprint density at radius 1 is 1.33 bits per heavy atom. The Hall–Kier alpha value is -1.36. The lowest BCUT2D eigenvalue weighted by molar-refractivity contribution is 0.191. The topological polar surface area (TPSA) is 59.1 Å². The fourth-order valence-corrected chi connectivity index (χ4v) is 1.60. The lowest BCUT2D eigenvalue weighted by atomic mass is 10.2. The van der Waals surface area contributed by atoms with Crippen LogP contribution in [-0.4, -0.2) is 36.3 Å². The van der Waals surface area contributed by atoms with Gasteiger partial charge in [-0.3, -0.25) is 0 Å². The first-order valence-electron chi connectivity index (χ1n) is 6.50. The maximum Gasteiger partial charge on any atom is 0.132 e. The molecule has 0 amide bonds. The maximum atomic E-state index is 5.07. The van der Waals surface area contributed by atoms with Gasteiger partial charge in [-0.15, -0.1) is 0 Å². The van der Waals surface area contributed by atoms with Crippen LogP contribution in [0.15, 0.2) is 6.07 Å². The molecule has 0 aliphatic rings. The van der Waals surface area contributed by atoms with Gasteiger partial charge < -0.3 is 15.4 Å². The summed E-state index contributed by atoms with van der Waals surface area (Å²) in [6.45, 7) is 7.83. The summed E-state index contributed by atoms with van der Waals surface area (Å²) in [5.41, 5.74) is 0. The Balaban J connectivity index is 2.61. The lowest BCUT2D eigenvalue weighted by Crippen LogP contribution is -2.18. The average Bonchev–Trinajstić information content (AvgIpc) is 2.33. The third-order valence-electron chi connectivity index (χ3n) is 2.54. The fourth-order valence-electron chi connectivity index (χ4n) is 1.60. The molecule has 0 fully saturated rings. The van der Waals surface area contributed by atoms with Gasteiger partial charge >= 0.3 is 0 Å². The van der Waals surface area contributed by atoms with Gasteiger partial charge in [-0.25, -0.2) is 9.97 Å². The molecule has 102 valence electrons. The van der Waals surface area contributed by atoms with Crippen molar-refractivity contribution in [3.05, 3.63) is 11.9 Å². The van der Waals surface area contributed by atoms with Crippen molar-refractivity contribution in [3.63, 3.8) is 0 Å². The largest absolute Gasteiger partial charge is 0.385 e. The van der Waals surface area contributed by atoms with Gasteiger partial charge in [0, 0.05) is 32.4 Å². The predicted molar refractivity (Wildman–Crippen MR) is 75.1 cm³/mol. The molecule has 2 N–H and O–H groups in total.